The number of piperidine rings is 1. The van der Waals surface area contributed by atoms with Crippen molar-refractivity contribution in [2.75, 3.05) is 31.1 Å². The van der Waals surface area contributed by atoms with Gasteiger partial charge in [-0.2, -0.15) is 11.3 Å². The molecule has 0 aliphatic carbocycles. The van der Waals surface area contributed by atoms with Crippen LogP contribution >= 0.6 is 11.3 Å². The molecule has 2 aromatic carbocycles. The molecular weight excluding hydrogens is 475 g/mol. The molecule has 2 N–H and O–H groups in total. The number of carbonyl (C=O) groups is 2. The smallest absolute Gasteiger partial charge is 0.253 e. The lowest BCUT2D eigenvalue weighted by Crippen LogP contribution is -2.43. The molecule has 0 radical (unpaired) electrons. The summed E-state index contributed by atoms with van der Waals surface area (Å²) in [6, 6.07) is 13.7. The van der Waals surface area contributed by atoms with Crippen molar-refractivity contribution in [2.24, 2.45) is 5.73 Å². The largest absolute Gasteiger partial charge is 0.366 e. The molecule has 1 aliphatic heterocycles. The Morgan fingerprint density at radius 1 is 1.03 bits per heavy atom. The van der Waals surface area contributed by atoms with Gasteiger partial charge in [0.2, 0.25) is 5.91 Å². The van der Waals surface area contributed by atoms with Gasteiger partial charge < -0.3 is 15.5 Å². The molecule has 1 fully saturated rings. The lowest BCUT2D eigenvalue weighted by atomic mass is 9.99. The zero-order chi connectivity index (χ0) is 25.7. The molecule has 0 atom stereocenters. The minimum absolute atomic E-state index is 0.0262. The second-order valence-corrected chi connectivity index (χ2v) is 9.84. The number of rotatable bonds is 9. The van der Waals surface area contributed by atoms with E-state index in [4.69, 9.17) is 5.73 Å². The summed E-state index contributed by atoms with van der Waals surface area (Å²) in [6.07, 6.45) is 1.68. The predicted octanol–water partition coefficient (Wildman–Crippen LogP) is 5.27. The number of carbonyl (C=O) groups excluding carboxylic acids is 2. The number of likely N-dealkylation sites (tertiary alicyclic amines) is 1. The Hall–Kier alpha value is -3.23. The van der Waals surface area contributed by atoms with Crippen LogP contribution in [0.15, 0.2) is 59.3 Å². The van der Waals surface area contributed by atoms with E-state index < -0.39 is 11.7 Å². The summed E-state index contributed by atoms with van der Waals surface area (Å²) in [7, 11) is 0. The molecule has 1 saturated heterocycles. The molecule has 4 rings (SSSR count). The molecule has 1 aliphatic rings. The molecule has 1 aromatic heterocycles. The van der Waals surface area contributed by atoms with Crippen molar-refractivity contribution in [3.8, 4) is 0 Å². The van der Waals surface area contributed by atoms with Crippen molar-refractivity contribution in [1.82, 2.24) is 9.80 Å². The van der Waals surface area contributed by atoms with Gasteiger partial charge in [0.15, 0.2) is 0 Å². The van der Waals surface area contributed by atoms with Crippen molar-refractivity contribution in [1.29, 1.82) is 0 Å². The normalized spacial score (nSPS) is 14.5. The van der Waals surface area contributed by atoms with Crippen LogP contribution in [-0.2, 0) is 6.54 Å². The topological polar surface area (TPSA) is 69.9 Å². The molecule has 2 heterocycles. The second kappa shape index (κ2) is 11.7. The second-order valence-electron chi connectivity index (χ2n) is 9.06. The Balaban J connectivity index is 1.63. The number of halogens is 1. The number of nitrogens with zero attached hydrogens (tertiary/aromatic N) is 3. The summed E-state index contributed by atoms with van der Waals surface area (Å²) in [5, 5.41) is 4.26. The molecule has 0 bridgehead atoms. The minimum atomic E-state index is -0.595. The molecule has 2 amide bonds. The number of amides is 2. The summed E-state index contributed by atoms with van der Waals surface area (Å²) < 4.78 is 15.2. The van der Waals surface area contributed by atoms with E-state index in [1.807, 2.05) is 30.9 Å². The number of hydrogen-bond acceptors (Lipinski definition) is 5. The third kappa shape index (κ3) is 5.77. The number of benzene rings is 2. The number of nitrogens with two attached hydrogens (primary N) is 1. The van der Waals surface area contributed by atoms with Gasteiger partial charge in [0, 0.05) is 55.6 Å². The SMILES string of the molecule is CCN(CC)C(=O)c1ccc(N(c2cc(C(N)=O)ccc2F)C2CCN(Cc3ccsc3)CC2)cc1. The lowest BCUT2D eigenvalue weighted by molar-refractivity contribution is 0.0772. The van der Waals surface area contributed by atoms with Crippen LogP contribution in [0.3, 0.4) is 0 Å². The van der Waals surface area contributed by atoms with Gasteiger partial charge in [-0.3, -0.25) is 14.5 Å². The van der Waals surface area contributed by atoms with E-state index in [1.165, 1.54) is 23.8 Å². The van der Waals surface area contributed by atoms with Gasteiger partial charge in [-0.05, 0) is 91.5 Å². The first-order valence-electron chi connectivity index (χ1n) is 12.4. The predicted molar refractivity (Wildman–Crippen MR) is 143 cm³/mol. The van der Waals surface area contributed by atoms with Gasteiger partial charge in [0.05, 0.1) is 5.69 Å². The van der Waals surface area contributed by atoms with Gasteiger partial charge in [-0.15, -0.1) is 0 Å². The Kier molecular flexibility index (Phi) is 8.38. The maximum atomic E-state index is 15.2. The molecular formula is C28H33FN4O2S. The summed E-state index contributed by atoms with van der Waals surface area (Å²) in [5.41, 5.74) is 8.79. The fraction of sp³-hybridized carbons (Fsp3) is 0.357. The highest BCUT2D eigenvalue weighted by Crippen LogP contribution is 2.35. The van der Waals surface area contributed by atoms with Crippen LogP contribution in [0, 0.1) is 5.82 Å². The summed E-state index contributed by atoms with van der Waals surface area (Å²) in [5.74, 6) is -1.03. The maximum Gasteiger partial charge on any atom is 0.253 e. The van der Waals surface area contributed by atoms with E-state index in [2.05, 4.69) is 21.7 Å². The van der Waals surface area contributed by atoms with Gasteiger partial charge >= 0.3 is 0 Å². The van der Waals surface area contributed by atoms with Crippen molar-refractivity contribution in [2.45, 2.75) is 39.3 Å². The zero-order valence-electron chi connectivity index (χ0n) is 20.8. The molecule has 0 saturated carbocycles. The number of hydrogen-bond donors (Lipinski definition) is 1. The fourth-order valence-corrected chi connectivity index (χ4v) is 5.49. The van der Waals surface area contributed by atoms with Crippen LogP contribution < -0.4 is 10.6 Å². The van der Waals surface area contributed by atoms with Crippen molar-refractivity contribution >= 4 is 34.5 Å². The Labute approximate surface area is 216 Å². The standard InChI is InChI=1S/C28H33FN4O2S/c1-3-32(4-2)28(35)21-5-8-23(9-6-21)33(26-17-22(27(30)34)7-10-25(26)29)24-11-14-31(15-12-24)18-20-13-16-36-19-20/h5-10,13,16-17,19,24H,3-4,11-12,14-15,18H2,1-2H3,(H2,30,34). The van der Waals surface area contributed by atoms with Crippen LogP contribution in [0.1, 0.15) is 53.0 Å². The van der Waals surface area contributed by atoms with E-state index >= 15 is 4.39 Å². The Morgan fingerprint density at radius 2 is 1.69 bits per heavy atom. The first-order chi connectivity index (χ1) is 17.4. The van der Waals surface area contributed by atoms with E-state index in [9.17, 15) is 9.59 Å². The highest BCUT2D eigenvalue weighted by Gasteiger charge is 2.28. The molecule has 0 unspecified atom stereocenters. The average molecular weight is 509 g/mol. The molecule has 6 nitrogen and oxygen atoms in total. The van der Waals surface area contributed by atoms with Crippen LogP contribution in [0.2, 0.25) is 0 Å². The van der Waals surface area contributed by atoms with Crippen LogP contribution in [-0.4, -0.2) is 53.8 Å². The number of anilines is 2. The molecule has 190 valence electrons. The number of thiophene rings is 1. The minimum Gasteiger partial charge on any atom is -0.366 e. The van der Waals surface area contributed by atoms with E-state index in [0.29, 0.717) is 24.3 Å². The van der Waals surface area contributed by atoms with Crippen LogP contribution in [0.25, 0.3) is 0 Å². The first kappa shape index (κ1) is 25.9. The quantitative estimate of drug-likeness (QED) is 0.428. The van der Waals surface area contributed by atoms with Crippen LogP contribution in [0.5, 0.6) is 0 Å². The lowest BCUT2D eigenvalue weighted by Gasteiger charge is -2.40. The van der Waals surface area contributed by atoms with E-state index in [-0.39, 0.29) is 17.5 Å². The summed E-state index contributed by atoms with van der Waals surface area (Å²) in [4.78, 5) is 30.8. The zero-order valence-corrected chi connectivity index (χ0v) is 21.6. The third-order valence-corrected chi connectivity index (χ3v) is 7.57. The van der Waals surface area contributed by atoms with Crippen LogP contribution in [0.4, 0.5) is 15.8 Å². The molecule has 0 spiro atoms. The molecule has 36 heavy (non-hydrogen) atoms. The molecule has 8 heteroatoms. The van der Waals surface area contributed by atoms with Gasteiger partial charge in [-0.1, -0.05) is 0 Å². The average Bonchev–Trinajstić information content (AvgIpc) is 3.40. The van der Waals surface area contributed by atoms with Gasteiger partial charge in [-0.25, -0.2) is 4.39 Å². The maximum absolute atomic E-state index is 15.2. The number of primary amides is 1. The summed E-state index contributed by atoms with van der Waals surface area (Å²) in [6.45, 7) is 7.85. The fourth-order valence-electron chi connectivity index (χ4n) is 4.83. The van der Waals surface area contributed by atoms with Crippen molar-refractivity contribution < 1.29 is 14.0 Å². The monoisotopic (exact) mass is 508 g/mol. The molecule has 3 aromatic rings. The van der Waals surface area contributed by atoms with Crippen molar-refractivity contribution in [3.63, 3.8) is 0 Å². The van der Waals surface area contributed by atoms with Gasteiger partial charge in [0.1, 0.15) is 5.82 Å². The van der Waals surface area contributed by atoms with E-state index in [1.54, 1.807) is 28.4 Å². The Bertz CT molecular complexity index is 1170. The van der Waals surface area contributed by atoms with Crippen molar-refractivity contribution in [3.05, 3.63) is 81.8 Å². The third-order valence-electron chi connectivity index (χ3n) is 6.84. The van der Waals surface area contributed by atoms with E-state index in [0.717, 1.165) is 38.2 Å². The Morgan fingerprint density at radius 3 is 2.28 bits per heavy atom. The van der Waals surface area contributed by atoms with Gasteiger partial charge in [0.25, 0.3) is 5.91 Å². The first-order valence-corrected chi connectivity index (χ1v) is 13.4. The highest BCUT2D eigenvalue weighted by molar-refractivity contribution is 7.07. The summed E-state index contributed by atoms with van der Waals surface area (Å²) >= 11 is 1.70. The highest BCUT2D eigenvalue weighted by atomic mass is 32.1.